The molecule has 0 radical (unpaired) electrons. The molecule has 0 saturated carbocycles. The van der Waals surface area contributed by atoms with Crippen molar-refractivity contribution in [3.8, 4) is 0 Å². The summed E-state index contributed by atoms with van der Waals surface area (Å²) in [6, 6.07) is 7.27. The van der Waals surface area contributed by atoms with Crippen LogP contribution in [0.4, 0.5) is 5.69 Å². The first-order chi connectivity index (χ1) is 10.9. The second-order valence-corrected chi connectivity index (χ2v) is 6.88. The molecule has 2 atom stereocenters. The van der Waals surface area contributed by atoms with Crippen molar-refractivity contribution < 1.29 is 9.59 Å². The summed E-state index contributed by atoms with van der Waals surface area (Å²) in [5.74, 6) is 1.19. The van der Waals surface area contributed by atoms with Crippen LogP contribution in [-0.2, 0) is 4.79 Å². The number of hydrogen-bond donors (Lipinski definition) is 1. The molecule has 1 aliphatic heterocycles. The summed E-state index contributed by atoms with van der Waals surface area (Å²) >= 11 is 0. The number of hydrogen-bond acceptors (Lipinski definition) is 3. The Balaban J connectivity index is 1.94. The summed E-state index contributed by atoms with van der Waals surface area (Å²) in [7, 11) is 3.45. The molecule has 0 bridgehead atoms. The Morgan fingerprint density at radius 1 is 1.22 bits per heavy atom. The van der Waals surface area contributed by atoms with E-state index in [-0.39, 0.29) is 18.4 Å². The maximum absolute atomic E-state index is 12.4. The van der Waals surface area contributed by atoms with E-state index in [1.54, 1.807) is 31.1 Å². The highest BCUT2D eigenvalue weighted by molar-refractivity contribution is 5.95. The standard InChI is InChI=1S/C18H27N3O2/c1-13-8-14(2)12-21(11-13)17(22)10-19-16-7-5-6-15(9-16)18(23)20(3)4/h5-7,9,13-14,19H,8,10-12H2,1-4H3/t13-,14+. The molecule has 0 aliphatic carbocycles. The van der Waals surface area contributed by atoms with Gasteiger partial charge in [-0.15, -0.1) is 0 Å². The first kappa shape index (κ1) is 17.3. The Kier molecular flexibility index (Phi) is 5.64. The zero-order valence-corrected chi connectivity index (χ0v) is 14.5. The van der Waals surface area contributed by atoms with E-state index in [2.05, 4.69) is 19.2 Å². The van der Waals surface area contributed by atoms with Gasteiger partial charge >= 0.3 is 0 Å². The third-order valence-electron chi connectivity index (χ3n) is 4.18. The van der Waals surface area contributed by atoms with Crippen LogP contribution in [0.25, 0.3) is 0 Å². The van der Waals surface area contributed by atoms with Gasteiger partial charge in [-0.3, -0.25) is 9.59 Å². The lowest BCUT2D eigenvalue weighted by molar-refractivity contribution is -0.131. The molecule has 1 saturated heterocycles. The predicted molar refractivity (Wildman–Crippen MR) is 92.5 cm³/mol. The maximum atomic E-state index is 12.4. The van der Waals surface area contributed by atoms with E-state index in [4.69, 9.17) is 0 Å². The molecule has 1 aromatic rings. The van der Waals surface area contributed by atoms with Gasteiger partial charge in [0.05, 0.1) is 6.54 Å². The lowest BCUT2D eigenvalue weighted by Gasteiger charge is -2.35. The molecular formula is C18H27N3O2. The highest BCUT2D eigenvalue weighted by Gasteiger charge is 2.25. The average molecular weight is 317 g/mol. The number of nitrogens with one attached hydrogen (secondary N) is 1. The smallest absolute Gasteiger partial charge is 0.253 e. The SMILES string of the molecule is C[C@@H]1C[C@H](C)CN(C(=O)CNc2cccc(C(=O)N(C)C)c2)C1. The Hall–Kier alpha value is -2.04. The van der Waals surface area contributed by atoms with Gasteiger partial charge < -0.3 is 15.1 Å². The Bertz CT molecular complexity index is 561. The number of amides is 2. The molecule has 126 valence electrons. The third-order valence-corrected chi connectivity index (χ3v) is 4.18. The lowest BCUT2D eigenvalue weighted by Crippen LogP contribution is -2.44. The molecule has 5 heteroatoms. The zero-order valence-electron chi connectivity index (χ0n) is 14.5. The maximum Gasteiger partial charge on any atom is 0.253 e. The van der Waals surface area contributed by atoms with Crippen LogP contribution in [0.3, 0.4) is 0 Å². The van der Waals surface area contributed by atoms with Crippen molar-refractivity contribution in [1.29, 1.82) is 0 Å². The number of benzene rings is 1. The van der Waals surface area contributed by atoms with Gasteiger partial charge in [-0.1, -0.05) is 19.9 Å². The second-order valence-electron chi connectivity index (χ2n) is 6.88. The number of nitrogens with zero attached hydrogens (tertiary/aromatic N) is 2. The molecule has 5 nitrogen and oxygen atoms in total. The minimum atomic E-state index is -0.0429. The first-order valence-corrected chi connectivity index (χ1v) is 8.20. The molecule has 0 unspecified atom stereocenters. The molecule has 1 aliphatic rings. The predicted octanol–water partition coefficient (Wildman–Crippen LogP) is 2.30. The van der Waals surface area contributed by atoms with E-state index in [0.29, 0.717) is 17.4 Å². The minimum absolute atomic E-state index is 0.0429. The van der Waals surface area contributed by atoms with E-state index >= 15 is 0 Å². The molecular weight excluding hydrogens is 290 g/mol. The third kappa shape index (κ3) is 4.71. The summed E-state index contributed by atoms with van der Waals surface area (Å²) < 4.78 is 0. The summed E-state index contributed by atoms with van der Waals surface area (Å²) in [6.07, 6.45) is 1.19. The van der Waals surface area contributed by atoms with Gasteiger partial charge in [0.15, 0.2) is 0 Å². The molecule has 0 aromatic heterocycles. The fourth-order valence-electron chi connectivity index (χ4n) is 3.18. The first-order valence-electron chi connectivity index (χ1n) is 8.20. The van der Waals surface area contributed by atoms with Crippen molar-refractivity contribution in [1.82, 2.24) is 9.80 Å². The van der Waals surface area contributed by atoms with Crippen molar-refractivity contribution in [3.63, 3.8) is 0 Å². The Morgan fingerprint density at radius 3 is 2.48 bits per heavy atom. The van der Waals surface area contributed by atoms with Crippen LogP contribution in [0.1, 0.15) is 30.6 Å². The largest absolute Gasteiger partial charge is 0.376 e. The number of anilines is 1. The van der Waals surface area contributed by atoms with Gasteiger partial charge in [0.2, 0.25) is 5.91 Å². The lowest BCUT2D eigenvalue weighted by atomic mass is 9.92. The van der Waals surface area contributed by atoms with Crippen LogP contribution >= 0.6 is 0 Å². The number of piperidine rings is 1. The van der Waals surface area contributed by atoms with E-state index in [1.807, 2.05) is 17.0 Å². The van der Waals surface area contributed by atoms with Crippen molar-refractivity contribution in [2.75, 3.05) is 39.0 Å². The van der Waals surface area contributed by atoms with Crippen molar-refractivity contribution in [2.24, 2.45) is 11.8 Å². The van der Waals surface area contributed by atoms with Crippen LogP contribution in [0, 0.1) is 11.8 Å². The van der Waals surface area contributed by atoms with Crippen molar-refractivity contribution in [2.45, 2.75) is 20.3 Å². The molecule has 2 amide bonds. The highest BCUT2D eigenvalue weighted by Crippen LogP contribution is 2.21. The fraction of sp³-hybridized carbons (Fsp3) is 0.556. The van der Waals surface area contributed by atoms with Crippen LogP contribution in [0.15, 0.2) is 24.3 Å². The number of carbonyl (C=O) groups is 2. The van der Waals surface area contributed by atoms with Gasteiger partial charge in [-0.05, 0) is 36.5 Å². The van der Waals surface area contributed by atoms with Gasteiger partial charge in [0, 0.05) is 38.4 Å². The Labute approximate surface area is 138 Å². The molecule has 1 aromatic carbocycles. The average Bonchev–Trinajstić information content (AvgIpc) is 2.51. The monoisotopic (exact) mass is 317 g/mol. The van der Waals surface area contributed by atoms with E-state index in [0.717, 1.165) is 18.8 Å². The minimum Gasteiger partial charge on any atom is -0.376 e. The number of rotatable bonds is 4. The van der Waals surface area contributed by atoms with Crippen molar-refractivity contribution >= 4 is 17.5 Å². The molecule has 1 heterocycles. The topological polar surface area (TPSA) is 52.7 Å². The molecule has 1 fully saturated rings. The van der Waals surface area contributed by atoms with Crippen LogP contribution in [-0.4, -0.2) is 55.3 Å². The van der Waals surface area contributed by atoms with E-state index in [1.165, 1.54) is 6.42 Å². The normalized spacial score (nSPS) is 21.0. The van der Waals surface area contributed by atoms with E-state index < -0.39 is 0 Å². The zero-order chi connectivity index (χ0) is 17.0. The summed E-state index contributed by atoms with van der Waals surface area (Å²) in [5, 5.41) is 3.14. The fourth-order valence-corrected chi connectivity index (χ4v) is 3.18. The summed E-state index contributed by atoms with van der Waals surface area (Å²) in [4.78, 5) is 27.8. The number of carbonyl (C=O) groups excluding carboxylic acids is 2. The van der Waals surface area contributed by atoms with E-state index in [9.17, 15) is 9.59 Å². The highest BCUT2D eigenvalue weighted by atomic mass is 16.2. The van der Waals surface area contributed by atoms with Gasteiger partial charge in [0.1, 0.15) is 0 Å². The summed E-state index contributed by atoms with van der Waals surface area (Å²) in [5.41, 5.74) is 1.41. The van der Waals surface area contributed by atoms with Gasteiger partial charge in [-0.2, -0.15) is 0 Å². The Morgan fingerprint density at radius 2 is 1.87 bits per heavy atom. The molecule has 0 spiro atoms. The molecule has 2 rings (SSSR count). The van der Waals surface area contributed by atoms with Crippen LogP contribution < -0.4 is 5.32 Å². The second kappa shape index (κ2) is 7.49. The number of likely N-dealkylation sites (tertiary alicyclic amines) is 1. The molecule has 23 heavy (non-hydrogen) atoms. The van der Waals surface area contributed by atoms with Crippen LogP contribution in [0.5, 0.6) is 0 Å². The quantitative estimate of drug-likeness (QED) is 0.927. The van der Waals surface area contributed by atoms with Gasteiger partial charge in [0.25, 0.3) is 5.91 Å². The van der Waals surface area contributed by atoms with Gasteiger partial charge in [-0.25, -0.2) is 0 Å². The summed E-state index contributed by atoms with van der Waals surface area (Å²) in [6.45, 7) is 6.33. The van der Waals surface area contributed by atoms with Crippen LogP contribution in [0.2, 0.25) is 0 Å². The molecule has 1 N–H and O–H groups in total. The van der Waals surface area contributed by atoms with Crippen molar-refractivity contribution in [3.05, 3.63) is 29.8 Å².